The zero-order valence-electron chi connectivity index (χ0n) is 8.05. The molecule has 1 heterocycles. The smallest absolute Gasteiger partial charge is 0.408 e. The molecule has 0 atom stereocenters. The van der Waals surface area contributed by atoms with E-state index in [0.29, 0.717) is 12.4 Å². The number of amidine groups is 1. The van der Waals surface area contributed by atoms with Gasteiger partial charge in [-0.25, -0.2) is 9.79 Å². The summed E-state index contributed by atoms with van der Waals surface area (Å²) in [4.78, 5) is 16.3. The van der Waals surface area contributed by atoms with Crippen LogP contribution < -0.4 is 5.73 Å². The third kappa shape index (κ3) is 1.90. The number of benzene rings is 1. The number of nitrogens with zero attached hydrogens (tertiary/aromatic N) is 2. The highest BCUT2D eigenvalue weighted by atomic mass is 16.4. The molecule has 0 radical (unpaired) electrons. The van der Waals surface area contributed by atoms with Gasteiger partial charge in [-0.15, -0.1) is 0 Å². The van der Waals surface area contributed by atoms with Crippen molar-refractivity contribution >= 4 is 17.6 Å². The summed E-state index contributed by atoms with van der Waals surface area (Å²) in [6.45, 7) is 0.486. The van der Waals surface area contributed by atoms with Crippen LogP contribution in [0, 0.1) is 0 Å². The fourth-order valence-electron chi connectivity index (χ4n) is 1.54. The van der Waals surface area contributed by atoms with Crippen molar-refractivity contribution in [2.24, 2.45) is 10.7 Å². The molecule has 0 spiro atoms. The number of hydrogen-bond acceptors (Lipinski definition) is 3. The van der Waals surface area contributed by atoms with Crippen LogP contribution in [-0.4, -0.2) is 28.5 Å². The molecular weight excluding hydrogens is 194 g/mol. The minimum absolute atomic E-state index is 0.157. The number of rotatable bonds is 0. The maximum Gasteiger partial charge on any atom is 0.408 e. The molecule has 0 aliphatic carbocycles. The number of carboxylic acid groups (broad SMARTS) is 1. The lowest BCUT2D eigenvalue weighted by molar-refractivity contribution is 0.149. The molecule has 78 valence electrons. The molecule has 0 saturated heterocycles. The van der Waals surface area contributed by atoms with E-state index in [1.807, 2.05) is 24.3 Å². The SMILES string of the molecule is NC1=Nc2ccccc2CN(C(=O)O)C1. The van der Waals surface area contributed by atoms with Gasteiger partial charge in [-0.1, -0.05) is 18.2 Å². The van der Waals surface area contributed by atoms with Crippen molar-refractivity contribution in [3.63, 3.8) is 0 Å². The molecule has 2 rings (SSSR count). The first kappa shape index (κ1) is 9.51. The van der Waals surface area contributed by atoms with Gasteiger partial charge in [0.05, 0.1) is 18.8 Å². The van der Waals surface area contributed by atoms with Crippen molar-refractivity contribution in [1.82, 2.24) is 4.90 Å². The second-order valence-electron chi connectivity index (χ2n) is 3.37. The van der Waals surface area contributed by atoms with Crippen LogP contribution in [0.1, 0.15) is 5.56 Å². The van der Waals surface area contributed by atoms with Gasteiger partial charge in [0.25, 0.3) is 0 Å². The normalized spacial score (nSPS) is 15.2. The Hall–Kier alpha value is -2.04. The second kappa shape index (κ2) is 3.61. The van der Waals surface area contributed by atoms with E-state index in [-0.39, 0.29) is 6.54 Å². The van der Waals surface area contributed by atoms with E-state index >= 15 is 0 Å². The molecule has 0 unspecified atom stereocenters. The molecule has 0 saturated carbocycles. The van der Waals surface area contributed by atoms with Gasteiger partial charge in [0, 0.05) is 0 Å². The Morgan fingerprint density at radius 3 is 2.87 bits per heavy atom. The zero-order valence-corrected chi connectivity index (χ0v) is 8.05. The molecule has 5 heteroatoms. The van der Waals surface area contributed by atoms with E-state index in [0.717, 1.165) is 11.3 Å². The lowest BCUT2D eigenvalue weighted by atomic mass is 10.2. The van der Waals surface area contributed by atoms with Gasteiger partial charge in [0.1, 0.15) is 5.84 Å². The van der Waals surface area contributed by atoms with Crippen LogP contribution in [0.5, 0.6) is 0 Å². The van der Waals surface area contributed by atoms with Crippen molar-refractivity contribution < 1.29 is 9.90 Å². The molecule has 15 heavy (non-hydrogen) atoms. The van der Waals surface area contributed by atoms with E-state index in [2.05, 4.69) is 4.99 Å². The van der Waals surface area contributed by atoms with Crippen LogP contribution in [0.3, 0.4) is 0 Å². The quantitative estimate of drug-likeness (QED) is 0.667. The van der Waals surface area contributed by atoms with Gasteiger partial charge in [0.15, 0.2) is 0 Å². The van der Waals surface area contributed by atoms with Crippen LogP contribution in [0.4, 0.5) is 10.5 Å². The number of para-hydroxylation sites is 1. The fraction of sp³-hybridized carbons (Fsp3) is 0.200. The Kier molecular flexibility index (Phi) is 2.29. The van der Waals surface area contributed by atoms with E-state index < -0.39 is 6.09 Å². The highest BCUT2D eigenvalue weighted by Crippen LogP contribution is 2.22. The third-order valence-corrected chi connectivity index (χ3v) is 2.24. The van der Waals surface area contributed by atoms with Crippen molar-refractivity contribution in [1.29, 1.82) is 0 Å². The largest absolute Gasteiger partial charge is 0.465 e. The predicted molar refractivity (Wildman–Crippen MR) is 56.2 cm³/mol. The number of carbonyl (C=O) groups is 1. The molecule has 1 aromatic rings. The maximum atomic E-state index is 10.9. The van der Waals surface area contributed by atoms with Gasteiger partial charge in [-0.2, -0.15) is 0 Å². The minimum atomic E-state index is -0.982. The van der Waals surface area contributed by atoms with E-state index in [1.165, 1.54) is 4.90 Å². The predicted octanol–water partition coefficient (Wildman–Crippen LogP) is 1.17. The molecule has 1 aliphatic heterocycles. The summed E-state index contributed by atoms with van der Waals surface area (Å²) >= 11 is 0. The standard InChI is InChI=1S/C10H11N3O2/c11-9-6-13(10(14)15)5-7-3-1-2-4-8(7)12-9/h1-4H,5-6H2,(H2,11,12)(H,14,15). The van der Waals surface area contributed by atoms with Crippen molar-refractivity contribution in [3.05, 3.63) is 29.8 Å². The Morgan fingerprint density at radius 1 is 1.40 bits per heavy atom. The first-order chi connectivity index (χ1) is 7.16. The molecule has 3 N–H and O–H groups in total. The summed E-state index contributed by atoms with van der Waals surface area (Å²) in [6, 6.07) is 7.39. The summed E-state index contributed by atoms with van der Waals surface area (Å²) in [6.07, 6.45) is -0.982. The third-order valence-electron chi connectivity index (χ3n) is 2.24. The first-order valence-electron chi connectivity index (χ1n) is 4.55. The van der Waals surface area contributed by atoms with Gasteiger partial charge in [-0.05, 0) is 11.6 Å². The summed E-state index contributed by atoms with van der Waals surface area (Å²) < 4.78 is 0. The summed E-state index contributed by atoms with van der Waals surface area (Å²) in [7, 11) is 0. The van der Waals surface area contributed by atoms with Crippen LogP contribution in [0.2, 0.25) is 0 Å². The Labute approximate surface area is 86.8 Å². The van der Waals surface area contributed by atoms with Crippen molar-refractivity contribution in [3.8, 4) is 0 Å². The molecule has 0 aromatic heterocycles. The van der Waals surface area contributed by atoms with Crippen LogP contribution >= 0.6 is 0 Å². The minimum Gasteiger partial charge on any atom is -0.465 e. The fourth-order valence-corrected chi connectivity index (χ4v) is 1.54. The molecule has 1 amide bonds. The molecule has 5 nitrogen and oxygen atoms in total. The Balaban J connectivity index is 2.41. The molecule has 0 bridgehead atoms. The number of aliphatic imine (C=N–C) groups is 1. The summed E-state index contributed by atoms with van der Waals surface area (Å²) in [5, 5.41) is 8.92. The average molecular weight is 205 g/mol. The number of nitrogens with two attached hydrogens (primary N) is 1. The Morgan fingerprint density at radius 2 is 2.13 bits per heavy atom. The maximum absolute atomic E-state index is 10.9. The van der Waals surface area contributed by atoms with Crippen molar-refractivity contribution in [2.75, 3.05) is 6.54 Å². The topological polar surface area (TPSA) is 78.9 Å². The molecule has 1 aromatic carbocycles. The van der Waals surface area contributed by atoms with Crippen LogP contribution in [-0.2, 0) is 6.54 Å². The number of fused-ring (bicyclic) bond motifs is 1. The Bertz CT molecular complexity index is 428. The van der Waals surface area contributed by atoms with Crippen LogP contribution in [0.15, 0.2) is 29.3 Å². The van der Waals surface area contributed by atoms with Crippen molar-refractivity contribution in [2.45, 2.75) is 6.54 Å². The summed E-state index contributed by atoms with van der Waals surface area (Å²) in [5.41, 5.74) is 7.25. The van der Waals surface area contributed by atoms with E-state index in [9.17, 15) is 4.79 Å². The molecule has 1 aliphatic rings. The van der Waals surface area contributed by atoms with Gasteiger partial charge < -0.3 is 10.8 Å². The highest BCUT2D eigenvalue weighted by Gasteiger charge is 2.18. The van der Waals surface area contributed by atoms with E-state index in [1.54, 1.807) is 0 Å². The average Bonchev–Trinajstić information content (AvgIpc) is 2.35. The van der Waals surface area contributed by atoms with E-state index in [4.69, 9.17) is 10.8 Å². The van der Waals surface area contributed by atoms with Gasteiger partial charge >= 0.3 is 6.09 Å². The number of hydrogen-bond donors (Lipinski definition) is 2. The lowest BCUT2D eigenvalue weighted by Crippen LogP contribution is -2.35. The van der Waals surface area contributed by atoms with Gasteiger partial charge in [-0.3, -0.25) is 4.90 Å². The molecular formula is C10H11N3O2. The van der Waals surface area contributed by atoms with Crippen LogP contribution in [0.25, 0.3) is 0 Å². The highest BCUT2D eigenvalue weighted by molar-refractivity contribution is 5.88. The second-order valence-corrected chi connectivity index (χ2v) is 3.37. The molecule has 0 fully saturated rings. The monoisotopic (exact) mass is 205 g/mol. The first-order valence-corrected chi connectivity index (χ1v) is 4.55. The van der Waals surface area contributed by atoms with Gasteiger partial charge in [0.2, 0.25) is 0 Å². The number of amides is 1. The zero-order chi connectivity index (χ0) is 10.8. The summed E-state index contributed by atoms with van der Waals surface area (Å²) in [5.74, 6) is 0.322. The lowest BCUT2D eigenvalue weighted by Gasteiger charge is -2.16.